The maximum Gasteiger partial charge on any atom is 0.419 e. The van der Waals surface area contributed by atoms with E-state index in [4.69, 9.17) is 16.3 Å². The summed E-state index contributed by atoms with van der Waals surface area (Å²) in [5.41, 5.74) is -0.148. The van der Waals surface area contributed by atoms with E-state index in [-0.39, 0.29) is 25.1 Å². The zero-order valence-electron chi connectivity index (χ0n) is 13.5. The number of carbonyl (C=O) groups excluding carboxylic acids is 1. The zero-order chi connectivity index (χ0) is 19.1. The predicted octanol–water partition coefficient (Wildman–Crippen LogP) is 4.02. The van der Waals surface area contributed by atoms with Gasteiger partial charge in [0, 0.05) is 28.6 Å². The SMILES string of the molecule is COC(=O)c1ccc2c(-c3nc(Cl)ncc3C(F)(F)F)c[nH]c2c1PC. The van der Waals surface area contributed by atoms with Crippen LogP contribution in [0.5, 0.6) is 0 Å². The van der Waals surface area contributed by atoms with Gasteiger partial charge in [-0.15, -0.1) is 0 Å². The summed E-state index contributed by atoms with van der Waals surface area (Å²) in [5, 5.41) is 0.891. The van der Waals surface area contributed by atoms with E-state index in [2.05, 4.69) is 15.0 Å². The van der Waals surface area contributed by atoms with Crippen molar-refractivity contribution in [2.45, 2.75) is 6.18 Å². The highest BCUT2D eigenvalue weighted by molar-refractivity contribution is 7.47. The van der Waals surface area contributed by atoms with Crippen LogP contribution in [-0.4, -0.2) is 34.7 Å². The molecule has 0 fully saturated rings. The number of alkyl halides is 3. The number of carbonyl (C=O) groups is 1. The van der Waals surface area contributed by atoms with Crippen molar-refractivity contribution in [2.24, 2.45) is 0 Å². The second-order valence-corrected chi connectivity index (χ2v) is 6.59. The molecule has 1 aromatic carbocycles. The van der Waals surface area contributed by atoms with Gasteiger partial charge in [-0.3, -0.25) is 0 Å². The van der Waals surface area contributed by atoms with Crippen molar-refractivity contribution in [2.75, 3.05) is 13.8 Å². The van der Waals surface area contributed by atoms with Crippen molar-refractivity contribution < 1.29 is 22.7 Å². The lowest BCUT2D eigenvalue weighted by Gasteiger charge is -2.12. The summed E-state index contributed by atoms with van der Waals surface area (Å²) in [6, 6.07) is 3.10. The standard InChI is InChI=1S/C16H12ClF3N3O2P/c1-25-14(24)8-4-3-7-9(5-21-12(7)13(8)26-2)11-10(16(18,19)20)6-22-15(17)23-11/h3-6,21,26H,1-2H3. The smallest absolute Gasteiger partial charge is 0.419 e. The molecule has 0 aliphatic heterocycles. The van der Waals surface area contributed by atoms with Gasteiger partial charge in [-0.2, -0.15) is 13.2 Å². The lowest BCUT2D eigenvalue weighted by Crippen LogP contribution is -2.13. The number of rotatable bonds is 3. The van der Waals surface area contributed by atoms with Crippen LogP contribution >= 0.6 is 20.2 Å². The van der Waals surface area contributed by atoms with Crippen molar-refractivity contribution in [1.82, 2.24) is 15.0 Å². The molecule has 136 valence electrons. The molecule has 1 atom stereocenters. The first kappa shape index (κ1) is 18.6. The number of hydrogen-bond acceptors (Lipinski definition) is 4. The molecule has 1 N–H and O–H groups in total. The highest BCUT2D eigenvalue weighted by atomic mass is 35.5. The van der Waals surface area contributed by atoms with Gasteiger partial charge >= 0.3 is 12.1 Å². The first-order valence-electron chi connectivity index (χ1n) is 7.28. The van der Waals surface area contributed by atoms with Crippen LogP contribution in [0.25, 0.3) is 22.2 Å². The molecule has 3 aromatic rings. The Balaban J connectivity index is 2.29. The van der Waals surface area contributed by atoms with Gasteiger partial charge in [0.1, 0.15) is 5.56 Å². The van der Waals surface area contributed by atoms with Crippen LogP contribution in [0.15, 0.2) is 24.5 Å². The summed E-state index contributed by atoms with van der Waals surface area (Å²) < 4.78 is 44.8. The number of halogens is 4. The molecule has 0 bridgehead atoms. The van der Waals surface area contributed by atoms with Crippen LogP contribution in [0.2, 0.25) is 5.28 Å². The summed E-state index contributed by atoms with van der Waals surface area (Å²) in [5.74, 6) is -0.506. The van der Waals surface area contributed by atoms with Gasteiger partial charge in [0.25, 0.3) is 0 Å². The van der Waals surface area contributed by atoms with Gasteiger partial charge in [-0.1, -0.05) is 14.6 Å². The second kappa shape index (κ2) is 6.85. The molecule has 2 heterocycles. The van der Waals surface area contributed by atoms with E-state index in [1.54, 1.807) is 6.07 Å². The van der Waals surface area contributed by atoms with E-state index in [1.165, 1.54) is 19.4 Å². The van der Waals surface area contributed by atoms with Crippen LogP contribution in [0.1, 0.15) is 15.9 Å². The highest BCUT2D eigenvalue weighted by Gasteiger charge is 2.36. The molecule has 0 saturated heterocycles. The van der Waals surface area contributed by atoms with E-state index in [0.29, 0.717) is 28.0 Å². The van der Waals surface area contributed by atoms with Crippen LogP contribution < -0.4 is 5.30 Å². The first-order valence-corrected chi connectivity index (χ1v) is 9.16. The van der Waals surface area contributed by atoms with Gasteiger partial charge in [0.2, 0.25) is 5.28 Å². The number of esters is 1. The number of aromatic amines is 1. The maximum atomic E-state index is 13.3. The van der Waals surface area contributed by atoms with Gasteiger partial charge in [-0.25, -0.2) is 14.8 Å². The molecule has 0 aliphatic carbocycles. The normalized spacial score (nSPS) is 12.2. The van der Waals surface area contributed by atoms with E-state index in [9.17, 15) is 18.0 Å². The number of nitrogens with zero attached hydrogens (tertiary/aromatic N) is 2. The molecule has 0 amide bonds. The van der Waals surface area contributed by atoms with E-state index in [1.807, 2.05) is 6.66 Å². The number of H-pyrrole nitrogens is 1. The van der Waals surface area contributed by atoms with Gasteiger partial charge in [-0.05, 0) is 24.3 Å². The van der Waals surface area contributed by atoms with Gasteiger partial charge in [0.05, 0.1) is 23.9 Å². The molecule has 2 aromatic heterocycles. The Morgan fingerprint density at radius 1 is 1.35 bits per heavy atom. The summed E-state index contributed by atoms with van der Waals surface area (Å²) in [6.45, 7) is 1.87. The minimum Gasteiger partial charge on any atom is -0.465 e. The summed E-state index contributed by atoms with van der Waals surface area (Å²) in [7, 11) is 1.49. The number of nitrogens with one attached hydrogen (secondary N) is 1. The van der Waals surface area contributed by atoms with Crippen molar-refractivity contribution in [3.8, 4) is 11.3 Å². The fourth-order valence-corrected chi connectivity index (χ4v) is 3.75. The minimum atomic E-state index is -4.63. The topological polar surface area (TPSA) is 67.9 Å². The average Bonchev–Trinajstić information content (AvgIpc) is 3.03. The van der Waals surface area contributed by atoms with Crippen molar-refractivity contribution >= 4 is 42.4 Å². The van der Waals surface area contributed by atoms with Crippen LogP contribution in [0.4, 0.5) is 13.2 Å². The minimum absolute atomic E-state index is 0.220. The van der Waals surface area contributed by atoms with Crippen LogP contribution in [0.3, 0.4) is 0 Å². The van der Waals surface area contributed by atoms with E-state index >= 15 is 0 Å². The maximum absolute atomic E-state index is 13.3. The number of fused-ring (bicyclic) bond motifs is 1. The number of hydrogen-bond donors (Lipinski definition) is 1. The Morgan fingerprint density at radius 3 is 2.69 bits per heavy atom. The zero-order valence-corrected chi connectivity index (χ0v) is 15.3. The fraction of sp³-hybridized carbons (Fsp3) is 0.188. The third kappa shape index (κ3) is 3.15. The lowest BCUT2D eigenvalue weighted by molar-refractivity contribution is -0.137. The molecule has 0 aliphatic rings. The summed E-state index contributed by atoms with van der Waals surface area (Å²) in [6.07, 6.45) is -2.55. The summed E-state index contributed by atoms with van der Waals surface area (Å²) in [4.78, 5) is 22.1. The van der Waals surface area contributed by atoms with Crippen LogP contribution in [0, 0.1) is 0 Å². The first-order chi connectivity index (χ1) is 12.3. The predicted molar refractivity (Wildman–Crippen MR) is 94.5 cm³/mol. The van der Waals surface area contributed by atoms with Crippen LogP contribution in [-0.2, 0) is 10.9 Å². The highest BCUT2D eigenvalue weighted by Crippen LogP contribution is 2.39. The molecule has 10 heteroatoms. The second-order valence-electron chi connectivity index (χ2n) is 5.25. The number of benzene rings is 1. The lowest BCUT2D eigenvalue weighted by atomic mass is 10.0. The molecule has 26 heavy (non-hydrogen) atoms. The Morgan fingerprint density at radius 2 is 2.08 bits per heavy atom. The number of methoxy groups -OCH3 is 1. The molecule has 0 spiro atoms. The van der Waals surface area contributed by atoms with Gasteiger partial charge in [0.15, 0.2) is 0 Å². The third-order valence-corrected chi connectivity index (χ3v) is 5.03. The largest absolute Gasteiger partial charge is 0.465 e. The van der Waals surface area contributed by atoms with Crippen molar-refractivity contribution in [1.29, 1.82) is 0 Å². The molecule has 0 saturated carbocycles. The van der Waals surface area contributed by atoms with Gasteiger partial charge < -0.3 is 9.72 Å². The molecule has 5 nitrogen and oxygen atoms in total. The Labute approximate surface area is 152 Å². The molecule has 3 rings (SSSR count). The number of aromatic nitrogens is 3. The number of ether oxygens (including phenoxy) is 1. The molecule has 1 unspecified atom stereocenters. The quantitative estimate of drug-likeness (QED) is 0.409. The van der Waals surface area contributed by atoms with Crippen molar-refractivity contribution in [3.05, 3.63) is 40.9 Å². The molecular weight excluding hydrogens is 390 g/mol. The van der Waals surface area contributed by atoms with Crippen molar-refractivity contribution in [3.63, 3.8) is 0 Å². The average molecular weight is 402 g/mol. The fourth-order valence-electron chi connectivity index (χ4n) is 2.71. The summed E-state index contributed by atoms with van der Waals surface area (Å²) >= 11 is 5.72. The monoisotopic (exact) mass is 401 g/mol. The molecule has 0 radical (unpaired) electrons. The Kier molecular flexibility index (Phi) is 4.90. The Bertz CT molecular complexity index is 1000. The third-order valence-electron chi connectivity index (χ3n) is 3.83. The van der Waals surface area contributed by atoms with E-state index in [0.717, 1.165) is 0 Å². The van der Waals surface area contributed by atoms with E-state index < -0.39 is 17.7 Å². The Hall–Kier alpha value is -2.18. The molecular formula is C16H12ClF3N3O2P.